The highest BCUT2D eigenvalue weighted by Gasteiger charge is 2.45. The first-order valence-electron chi connectivity index (χ1n) is 10.8. The molecule has 4 rings (SSSR count). The maximum Gasteiger partial charge on any atom is 0.213 e. The van der Waals surface area contributed by atoms with E-state index < -0.39 is 0 Å². The first-order chi connectivity index (χ1) is 15.1. The lowest BCUT2D eigenvalue weighted by Crippen LogP contribution is -2.54. The number of piperidine rings is 1. The van der Waals surface area contributed by atoms with Crippen LogP contribution in [0.25, 0.3) is 11.8 Å². The summed E-state index contributed by atoms with van der Waals surface area (Å²) in [5.41, 5.74) is 2.60. The Balaban J connectivity index is 1.53. The van der Waals surface area contributed by atoms with E-state index in [4.69, 9.17) is 14.3 Å². The number of nitrogens with one attached hydrogen (secondary N) is 1. The number of aryl methyl sites for hydroxylation is 1. The van der Waals surface area contributed by atoms with Crippen LogP contribution in [-0.2, 0) is 9.57 Å². The Morgan fingerprint density at radius 2 is 2.06 bits per heavy atom. The largest absolute Gasteiger partial charge is 0.495 e. The molecule has 0 atom stereocenters. The van der Waals surface area contributed by atoms with Gasteiger partial charge < -0.3 is 29.1 Å². The molecular formula is C23H31N5O3. The van der Waals surface area contributed by atoms with Gasteiger partial charge in [0.15, 0.2) is 5.84 Å². The average Bonchev–Trinajstić information content (AvgIpc) is 3.37. The van der Waals surface area contributed by atoms with E-state index >= 15 is 0 Å². The van der Waals surface area contributed by atoms with Gasteiger partial charge in [-0.05, 0) is 37.1 Å². The minimum Gasteiger partial charge on any atom is -0.495 e. The van der Waals surface area contributed by atoms with Crippen molar-refractivity contribution in [3.63, 3.8) is 0 Å². The molecule has 8 heteroatoms. The van der Waals surface area contributed by atoms with Crippen LogP contribution in [0.15, 0.2) is 42.0 Å². The fourth-order valence-electron chi connectivity index (χ4n) is 4.16. The topological polar surface area (TPSA) is 73.1 Å². The molecule has 2 aliphatic rings. The molecule has 1 N–H and O–H groups in total. The van der Waals surface area contributed by atoms with E-state index in [2.05, 4.69) is 32.5 Å². The summed E-state index contributed by atoms with van der Waals surface area (Å²) in [5.74, 6) is 1.64. The molecule has 1 saturated heterocycles. The Kier molecular flexibility index (Phi) is 6.58. The third kappa shape index (κ3) is 4.60. The lowest BCUT2D eigenvalue weighted by atomic mass is 9.99. The number of hydrogen-bond acceptors (Lipinski definition) is 7. The molecular weight excluding hydrogens is 394 g/mol. The van der Waals surface area contributed by atoms with Gasteiger partial charge in [-0.25, -0.2) is 4.98 Å². The monoisotopic (exact) mass is 425 g/mol. The van der Waals surface area contributed by atoms with Crippen LogP contribution >= 0.6 is 0 Å². The van der Waals surface area contributed by atoms with Gasteiger partial charge in [-0.3, -0.25) is 0 Å². The van der Waals surface area contributed by atoms with E-state index in [1.54, 1.807) is 20.5 Å². The maximum atomic E-state index is 6.00. The van der Waals surface area contributed by atoms with Crippen molar-refractivity contribution >= 4 is 11.9 Å². The zero-order chi connectivity index (χ0) is 21.7. The highest BCUT2D eigenvalue weighted by molar-refractivity contribution is 5.97. The van der Waals surface area contributed by atoms with Gasteiger partial charge in [0.25, 0.3) is 0 Å². The number of methoxy groups -OCH3 is 2. The van der Waals surface area contributed by atoms with Gasteiger partial charge in [0, 0.05) is 52.4 Å². The van der Waals surface area contributed by atoms with E-state index in [-0.39, 0.29) is 5.72 Å². The predicted octanol–water partition coefficient (Wildman–Crippen LogP) is 2.96. The highest BCUT2D eigenvalue weighted by atomic mass is 16.7. The predicted molar refractivity (Wildman–Crippen MR) is 120 cm³/mol. The third-order valence-corrected chi connectivity index (χ3v) is 5.81. The van der Waals surface area contributed by atoms with Crippen molar-refractivity contribution in [1.29, 1.82) is 0 Å². The molecule has 2 aromatic rings. The van der Waals surface area contributed by atoms with Crippen LogP contribution in [0.4, 0.5) is 0 Å². The second-order valence-corrected chi connectivity index (χ2v) is 7.92. The van der Waals surface area contributed by atoms with Gasteiger partial charge in [-0.2, -0.15) is 0 Å². The number of nitrogens with zero attached hydrogens (tertiary/aromatic N) is 4. The molecule has 0 bridgehead atoms. The Bertz CT molecular complexity index is 946. The maximum absolute atomic E-state index is 6.00. The van der Waals surface area contributed by atoms with Crippen molar-refractivity contribution in [3.05, 3.63) is 48.1 Å². The van der Waals surface area contributed by atoms with Gasteiger partial charge >= 0.3 is 0 Å². The Morgan fingerprint density at radius 3 is 2.77 bits per heavy atom. The van der Waals surface area contributed by atoms with Gasteiger partial charge in [-0.15, -0.1) is 0 Å². The van der Waals surface area contributed by atoms with E-state index in [1.165, 1.54) is 0 Å². The smallest absolute Gasteiger partial charge is 0.213 e. The summed E-state index contributed by atoms with van der Waals surface area (Å²) in [4.78, 5) is 12.6. The Labute approximate surface area is 183 Å². The molecule has 2 aliphatic heterocycles. The van der Waals surface area contributed by atoms with Crippen molar-refractivity contribution in [1.82, 2.24) is 19.8 Å². The minimum absolute atomic E-state index is 0.348. The summed E-state index contributed by atoms with van der Waals surface area (Å²) in [7, 11) is 3.42. The van der Waals surface area contributed by atoms with Crippen molar-refractivity contribution < 1.29 is 14.3 Å². The zero-order valence-electron chi connectivity index (χ0n) is 18.5. The van der Waals surface area contributed by atoms with Gasteiger partial charge in [0.2, 0.25) is 5.72 Å². The first kappa shape index (κ1) is 21.4. The van der Waals surface area contributed by atoms with Crippen LogP contribution in [0.3, 0.4) is 0 Å². The summed E-state index contributed by atoms with van der Waals surface area (Å²) in [6.45, 7) is 5.39. The lowest BCUT2D eigenvalue weighted by molar-refractivity contribution is -0.118. The SMILES string of the molecule is COCCCN1C(/C=C/c2ccc(-n3cnc(C)c3)c(OC)c2)=NOC12CCNCC2. The minimum atomic E-state index is -0.348. The second-order valence-electron chi connectivity index (χ2n) is 7.92. The van der Waals surface area contributed by atoms with Crippen LogP contribution in [0.1, 0.15) is 30.5 Å². The van der Waals surface area contributed by atoms with Crippen LogP contribution in [0, 0.1) is 6.92 Å². The van der Waals surface area contributed by atoms with Crippen molar-refractivity contribution in [3.8, 4) is 11.4 Å². The summed E-state index contributed by atoms with van der Waals surface area (Å²) < 4.78 is 12.9. The first-order valence-corrected chi connectivity index (χ1v) is 10.8. The van der Waals surface area contributed by atoms with E-state index in [9.17, 15) is 0 Å². The van der Waals surface area contributed by atoms with Gasteiger partial charge in [0.05, 0.1) is 24.8 Å². The van der Waals surface area contributed by atoms with Gasteiger partial charge in [0.1, 0.15) is 5.75 Å². The number of benzene rings is 1. The van der Waals surface area contributed by atoms with Crippen molar-refractivity contribution in [2.45, 2.75) is 31.9 Å². The number of rotatable bonds is 8. The standard InChI is InChI=1S/C23H31N5O3/c1-18-16-27(17-25-18)20-7-5-19(15-21(20)30-3)6-8-22-26-31-23(9-11-24-12-10-23)28(22)13-4-14-29-2/h5-8,15-17,24H,4,9-14H2,1-3H3/b8-6+. The summed E-state index contributed by atoms with van der Waals surface area (Å²) in [6.07, 6.45) is 10.6. The van der Waals surface area contributed by atoms with Crippen LogP contribution in [-0.4, -0.2) is 66.5 Å². The summed E-state index contributed by atoms with van der Waals surface area (Å²) >= 11 is 0. The second kappa shape index (κ2) is 9.53. The van der Waals surface area contributed by atoms with E-state index in [0.29, 0.717) is 6.61 Å². The zero-order valence-corrected chi connectivity index (χ0v) is 18.5. The number of imidazole rings is 1. The molecule has 1 aromatic heterocycles. The van der Waals surface area contributed by atoms with E-state index in [0.717, 1.165) is 67.4 Å². The van der Waals surface area contributed by atoms with E-state index in [1.807, 2.05) is 35.9 Å². The quantitative estimate of drug-likeness (QED) is 0.656. The molecule has 1 spiro atoms. The molecule has 31 heavy (non-hydrogen) atoms. The normalized spacial score (nSPS) is 17.9. The highest BCUT2D eigenvalue weighted by Crippen LogP contribution is 2.34. The number of oxime groups is 1. The van der Waals surface area contributed by atoms with Crippen LogP contribution in [0.5, 0.6) is 5.75 Å². The molecule has 0 radical (unpaired) electrons. The van der Waals surface area contributed by atoms with Crippen molar-refractivity contribution in [2.24, 2.45) is 5.16 Å². The van der Waals surface area contributed by atoms with Crippen molar-refractivity contribution in [2.75, 3.05) is 40.5 Å². The Hall–Kier alpha value is -2.84. The summed E-state index contributed by atoms with van der Waals surface area (Å²) in [5, 5.41) is 7.85. The molecule has 0 amide bonds. The Morgan fingerprint density at radius 1 is 1.23 bits per heavy atom. The molecule has 8 nitrogen and oxygen atoms in total. The molecule has 3 heterocycles. The van der Waals surface area contributed by atoms with Crippen LogP contribution < -0.4 is 10.1 Å². The third-order valence-electron chi connectivity index (χ3n) is 5.81. The molecule has 0 aliphatic carbocycles. The number of aromatic nitrogens is 2. The van der Waals surface area contributed by atoms with Crippen LogP contribution in [0.2, 0.25) is 0 Å². The molecule has 166 valence electrons. The van der Waals surface area contributed by atoms with Gasteiger partial charge in [-0.1, -0.05) is 17.3 Å². The number of hydrogen-bond donors (Lipinski definition) is 1. The molecule has 1 fully saturated rings. The molecule has 0 unspecified atom stereocenters. The molecule has 1 aromatic carbocycles. The number of amidine groups is 1. The average molecular weight is 426 g/mol. The lowest BCUT2D eigenvalue weighted by Gasteiger charge is -2.39. The number of ether oxygens (including phenoxy) is 2. The molecule has 0 saturated carbocycles. The fourth-order valence-corrected chi connectivity index (χ4v) is 4.16. The fraction of sp³-hybridized carbons (Fsp3) is 0.478. The summed E-state index contributed by atoms with van der Waals surface area (Å²) in [6, 6.07) is 6.12.